The van der Waals surface area contributed by atoms with Crippen LogP contribution in [0.3, 0.4) is 0 Å². The summed E-state index contributed by atoms with van der Waals surface area (Å²) in [6.07, 6.45) is 2.57. The topological polar surface area (TPSA) is 63.7 Å². The van der Waals surface area contributed by atoms with Crippen molar-refractivity contribution in [2.24, 2.45) is 5.92 Å². The van der Waals surface area contributed by atoms with Gasteiger partial charge in [-0.1, -0.05) is 24.3 Å². The second-order valence-corrected chi connectivity index (χ2v) is 7.90. The molecule has 0 aliphatic carbocycles. The average Bonchev–Trinajstić information content (AvgIpc) is 3.02. The average molecular weight is 378 g/mol. The highest BCUT2D eigenvalue weighted by molar-refractivity contribution is 7.22. The predicted octanol–water partition coefficient (Wildman–Crippen LogP) is 3.13. The van der Waals surface area contributed by atoms with Gasteiger partial charge in [0.05, 0.1) is 23.4 Å². The van der Waals surface area contributed by atoms with E-state index in [1.165, 1.54) is 42.8 Å². The lowest BCUT2D eigenvalue weighted by Crippen LogP contribution is -2.32. The van der Waals surface area contributed by atoms with Crippen LogP contribution in [0.1, 0.15) is 25.3 Å². The molecule has 1 fully saturated rings. The van der Waals surface area contributed by atoms with Gasteiger partial charge in [0.2, 0.25) is 0 Å². The molecule has 1 aromatic carbocycles. The molecule has 1 aliphatic rings. The van der Waals surface area contributed by atoms with Gasteiger partial charge in [-0.15, -0.1) is 0 Å². The summed E-state index contributed by atoms with van der Waals surface area (Å²) in [5.41, 5.74) is 2.22. The van der Waals surface area contributed by atoms with Crippen molar-refractivity contribution in [3.8, 4) is 0 Å². The van der Waals surface area contributed by atoms with Crippen molar-refractivity contribution < 1.29 is 14.3 Å². The first kappa shape index (κ1) is 19.2. The van der Waals surface area contributed by atoms with Crippen LogP contribution in [-0.4, -0.2) is 55.8 Å². The number of thiazole rings is 1. The number of ether oxygens (including phenoxy) is 2. The van der Waals surface area contributed by atoms with E-state index in [1.54, 1.807) is 7.11 Å². The molecule has 0 atom stereocenters. The van der Waals surface area contributed by atoms with Gasteiger partial charge in [0, 0.05) is 13.7 Å². The fourth-order valence-electron chi connectivity index (χ4n) is 3.06. The molecule has 0 spiro atoms. The van der Waals surface area contributed by atoms with E-state index in [0.717, 1.165) is 22.7 Å². The van der Waals surface area contributed by atoms with E-state index in [1.807, 2.05) is 6.07 Å². The summed E-state index contributed by atoms with van der Waals surface area (Å²) in [6.45, 7) is 6.56. The number of methoxy groups -OCH3 is 1. The lowest BCUT2D eigenvalue weighted by atomic mass is 9.99. The predicted molar refractivity (Wildman–Crippen MR) is 105 cm³/mol. The Bertz CT molecular complexity index is 726. The number of benzene rings is 1. The molecule has 1 aromatic heterocycles. The number of likely N-dealkylation sites (tertiary alicyclic amines) is 1. The Balaban J connectivity index is 1.56. The number of nitrogens with zero attached hydrogens (tertiary/aromatic N) is 2. The number of aromatic nitrogens is 1. The van der Waals surface area contributed by atoms with Gasteiger partial charge < -0.3 is 9.47 Å². The van der Waals surface area contributed by atoms with Crippen LogP contribution in [0.25, 0.3) is 10.2 Å². The molecule has 1 N–H and O–H groups in total. The molecular weight excluding hydrogens is 350 g/mol. The molecule has 1 aliphatic heterocycles. The van der Waals surface area contributed by atoms with Crippen molar-refractivity contribution in [2.45, 2.75) is 26.3 Å². The summed E-state index contributed by atoms with van der Waals surface area (Å²) < 4.78 is 11.2. The third-order valence-electron chi connectivity index (χ3n) is 4.65. The second-order valence-electron chi connectivity index (χ2n) is 6.87. The summed E-state index contributed by atoms with van der Waals surface area (Å²) in [4.78, 5) is 18.9. The summed E-state index contributed by atoms with van der Waals surface area (Å²) >= 11 is 1.50. The van der Waals surface area contributed by atoms with Gasteiger partial charge in [-0.2, -0.15) is 0 Å². The molecule has 6 nitrogen and oxygen atoms in total. The number of hydrogen-bond donors (Lipinski definition) is 1. The van der Waals surface area contributed by atoms with E-state index < -0.39 is 0 Å². The number of carbonyl (C=O) groups excluding carboxylic acids is 1. The van der Waals surface area contributed by atoms with Crippen molar-refractivity contribution >= 4 is 32.6 Å². The van der Waals surface area contributed by atoms with Crippen LogP contribution >= 0.6 is 11.3 Å². The monoisotopic (exact) mass is 377 g/mol. The summed E-state index contributed by atoms with van der Waals surface area (Å²) in [6, 6.07) is 6.37. The van der Waals surface area contributed by atoms with Crippen LogP contribution in [0.5, 0.6) is 0 Å². The van der Waals surface area contributed by atoms with Crippen molar-refractivity contribution in [1.29, 1.82) is 0 Å². The molecule has 3 rings (SSSR count). The minimum absolute atomic E-state index is 0.0118. The number of rotatable bonds is 8. The number of anilines is 1. The van der Waals surface area contributed by atoms with Gasteiger partial charge in [0.1, 0.15) is 6.61 Å². The van der Waals surface area contributed by atoms with Gasteiger partial charge in [-0.25, -0.2) is 4.98 Å². The molecule has 0 bridgehead atoms. The zero-order chi connectivity index (χ0) is 18.4. The first-order valence-electron chi connectivity index (χ1n) is 9.12. The summed E-state index contributed by atoms with van der Waals surface area (Å²) in [7, 11) is 1.60. The molecule has 0 radical (unpaired) electrons. The van der Waals surface area contributed by atoms with E-state index in [-0.39, 0.29) is 12.5 Å². The third kappa shape index (κ3) is 5.48. The van der Waals surface area contributed by atoms with Crippen molar-refractivity contribution in [3.05, 3.63) is 23.8 Å². The van der Waals surface area contributed by atoms with Crippen LogP contribution in [0.2, 0.25) is 0 Å². The Morgan fingerprint density at radius 2 is 2.15 bits per heavy atom. The first-order valence-corrected chi connectivity index (χ1v) is 9.94. The van der Waals surface area contributed by atoms with E-state index in [0.29, 0.717) is 18.3 Å². The highest BCUT2D eigenvalue weighted by Crippen LogP contribution is 2.27. The number of piperidine rings is 1. The van der Waals surface area contributed by atoms with Crippen LogP contribution in [0, 0.1) is 5.92 Å². The van der Waals surface area contributed by atoms with Gasteiger partial charge >= 0.3 is 0 Å². The van der Waals surface area contributed by atoms with Crippen molar-refractivity contribution in [2.75, 3.05) is 45.3 Å². The zero-order valence-electron chi connectivity index (χ0n) is 15.5. The Kier molecular flexibility index (Phi) is 6.96. The first-order chi connectivity index (χ1) is 12.6. The highest BCUT2D eigenvalue weighted by Gasteiger charge is 2.16. The fraction of sp³-hybridized carbons (Fsp3) is 0.579. The molecule has 142 valence electrons. The van der Waals surface area contributed by atoms with E-state index >= 15 is 0 Å². The molecule has 26 heavy (non-hydrogen) atoms. The minimum Gasteiger partial charge on any atom is -0.382 e. The largest absolute Gasteiger partial charge is 0.382 e. The Morgan fingerprint density at radius 1 is 1.35 bits per heavy atom. The number of carbonyl (C=O) groups is 1. The molecule has 1 amide bonds. The van der Waals surface area contributed by atoms with E-state index in [4.69, 9.17) is 9.47 Å². The number of hydrogen-bond acceptors (Lipinski definition) is 6. The molecule has 0 saturated carbocycles. The van der Waals surface area contributed by atoms with Crippen molar-refractivity contribution in [3.63, 3.8) is 0 Å². The maximum absolute atomic E-state index is 11.9. The molecule has 0 unspecified atom stereocenters. The standard InChI is InChI=1S/C19H27N3O3S/c1-14-5-7-22(8-6-14)12-15-3-4-16-17(11-15)26-19(20-16)21-18(23)13-25-10-9-24-2/h3-4,11,14H,5-10,12-13H2,1-2H3,(H,20,21,23). The summed E-state index contributed by atoms with van der Waals surface area (Å²) in [5.74, 6) is 0.655. The molecule has 1 saturated heterocycles. The fourth-order valence-corrected chi connectivity index (χ4v) is 4.01. The number of fused-ring (bicyclic) bond motifs is 1. The quantitative estimate of drug-likeness (QED) is 0.716. The van der Waals surface area contributed by atoms with Crippen molar-refractivity contribution in [1.82, 2.24) is 9.88 Å². The second kappa shape index (κ2) is 9.41. The normalized spacial score (nSPS) is 16.2. The Labute approximate surface area is 158 Å². The zero-order valence-corrected chi connectivity index (χ0v) is 16.3. The van der Waals surface area contributed by atoms with E-state index in [2.05, 4.69) is 34.3 Å². The SMILES string of the molecule is COCCOCC(=O)Nc1nc2ccc(CN3CCC(C)CC3)cc2s1. The van der Waals surface area contributed by atoms with Crippen LogP contribution in [0.15, 0.2) is 18.2 Å². The van der Waals surface area contributed by atoms with Gasteiger partial charge in [-0.3, -0.25) is 15.0 Å². The van der Waals surface area contributed by atoms with Gasteiger partial charge in [0.15, 0.2) is 5.13 Å². The smallest absolute Gasteiger partial charge is 0.252 e. The lowest BCUT2D eigenvalue weighted by molar-refractivity contribution is -0.121. The van der Waals surface area contributed by atoms with Crippen LogP contribution in [-0.2, 0) is 20.8 Å². The lowest BCUT2D eigenvalue weighted by Gasteiger charge is -2.30. The molecule has 2 aromatic rings. The Morgan fingerprint density at radius 3 is 2.92 bits per heavy atom. The maximum atomic E-state index is 11.9. The van der Waals surface area contributed by atoms with Gasteiger partial charge in [0.25, 0.3) is 5.91 Å². The van der Waals surface area contributed by atoms with E-state index in [9.17, 15) is 4.79 Å². The third-order valence-corrected chi connectivity index (χ3v) is 5.58. The molecule has 2 heterocycles. The summed E-state index contributed by atoms with van der Waals surface area (Å²) in [5, 5.41) is 3.42. The molecular formula is C19H27N3O3S. The van der Waals surface area contributed by atoms with Gasteiger partial charge in [-0.05, 0) is 49.5 Å². The number of nitrogens with one attached hydrogen (secondary N) is 1. The van der Waals surface area contributed by atoms with Crippen LogP contribution < -0.4 is 5.32 Å². The molecule has 7 heteroatoms. The Hall–Kier alpha value is -1.54. The maximum Gasteiger partial charge on any atom is 0.252 e. The van der Waals surface area contributed by atoms with Crippen LogP contribution in [0.4, 0.5) is 5.13 Å². The highest BCUT2D eigenvalue weighted by atomic mass is 32.1. The minimum atomic E-state index is -0.192. The number of amides is 1.